The van der Waals surface area contributed by atoms with Crippen LogP contribution in [0.15, 0.2) is 35.2 Å². The standard InChI is InChI=1S/C13H16N2O4S/c1-9-5-6-12(15(8-9)13(16)17)10-3-2-4-11(7-10)20(14,18)19/h2-4,6-7,9H,5,8H2,1H3,(H,16,17)(H2,14,18,19). The maximum Gasteiger partial charge on any atom is 0.411 e. The first kappa shape index (κ1) is 14.5. The SMILES string of the molecule is CC1CC=C(c2cccc(S(N)(=O)=O)c2)N(C(=O)O)C1. The number of primary sulfonamides is 1. The topological polar surface area (TPSA) is 101 Å². The number of benzene rings is 1. The van der Waals surface area contributed by atoms with Crippen LogP contribution in [0.1, 0.15) is 18.9 Å². The van der Waals surface area contributed by atoms with Gasteiger partial charge in [-0.2, -0.15) is 0 Å². The molecule has 1 unspecified atom stereocenters. The Bertz CT molecular complexity index is 667. The summed E-state index contributed by atoms with van der Waals surface area (Å²) in [5, 5.41) is 14.4. The number of hydrogen-bond acceptors (Lipinski definition) is 3. The first-order valence-electron chi connectivity index (χ1n) is 6.13. The molecule has 1 amide bonds. The van der Waals surface area contributed by atoms with Crippen molar-refractivity contribution in [3.8, 4) is 0 Å². The van der Waals surface area contributed by atoms with Gasteiger partial charge in [0.05, 0.1) is 10.6 Å². The van der Waals surface area contributed by atoms with Gasteiger partial charge in [-0.3, -0.25) is 4.90 Å². The van der Waals surface area contributed by atoms with Crippen LogP contribution in [0.4, 0.5) is 4.79 Å². The summed E-state index contributed by atoms with van der Waals surface area (Å²) in [6, 6.07) is 6.00. The quantitative estimate of drug-likeness (QED) is 0.867. The van der Waals surface area contributed by atoms with Crippen LogP contribution in [0.2, 0.25) is 0 Å². The smallest absolute Gasteiger partial charge is 0.411 e. The molecule has 0 bridgehead atoms. The molecular weight excluding hydrogens is 280 g/mol. The maximum absolute atomic E-state index is 11.4. The molecule has 2 rings (SSSR count). The van der Waals surface area contributed by atoms with Gasteiger partial charge in [-0.05, 0) is 30.0 Å². The van der Waals surface area contributed by atoms with Crippen molar-refractivity contribution >= 4 is 21.8 Å². The van der Waals surface area contributed by atoms with Crippen molar-refractivity contribution in [1.29, 1.82) is 0 Å². The Morgan fingerprint density at radius 2 is 2.15 bits per heavy atom. The molecule has 0 saturated carbocycles. The van der Waals surface area contributed by atoms with Gasteiger partial charge < -0.3 is 5.11 Å². The zero-order valence-corrected chi connectivity index (χ0v) is 11.8. The summed E-state index contributed by atoms with van der Waals surface area (Å²) in [7, 11) is -3.81. The van der Waals surface area contributed by atoms with E-state index < -0.39 is 16.1 Å². The molecule has 20 heavy (non-hydrogen) atoms. The molecule has 108 valence electrons. The highest BCUT2D eigenvalue weighted by Gasteiger charge is 2.25. The number of carbonyl (C=O) groups is 1. The Hall–Kier alpha value is -1.86. The summed E-state index contributed by atoms with van der Waals surface area (Å²) in [4.78, 5) is 12.5. The van der Waals surface area contributed by atoms with Crippen molar-refractivity contribution in [2.24, 2.45) is 11.1 Å². The van der Waals surface area contributed by atoms with Gasteiger partial charge in [-0.1, -0.05) is 25.1 Å². The van der Waals surface area contributed by atoms with Crippen LogP contribution in [-0.4, -0.2) is 31.1 Å². The number of rotatable bonds is 2. The van der Waals surface area contributed by atoms with E-state index in [1.54, 1.807) is 12.1 Å². The third kappa shape index (κ3) is 3.00. The van der Waals surface area contributed by atoms with Gasteiger partial charge in [0, 0.05) is 6.54 Å². The second-order valence-corrected chi connectivity index (χ2v) is 6.46. The predicted molar refractivity (Wildman–Crippen MR) is 74.3 cm³/mol. The minimum Gasteiger partial charge on any atom is -0.465 e. The second kappa shape index (κ2) is 5.26. The molecule has 1 aliphatic rings. The van der Waals surface area contributed by atoms with Crippen LogP contribution in [0, 0.1) is 5.92 Å². The third-order valence-corrected chi connectivity index (χ3v) is 4.10. The lowest BCUT2D eigenvalue weighted by atomic mass is 9.98. The monoisotopic (exact) mass is 296 g/mol. The van der Waals surface area contributed by atoms with Gasteiger partial charge in [-0.15, -0.1) is 0 Å². The van der Waals surface area contributed by atoms with E-state index in [4.69, 9.17) is 5.14 Å². The number of nitrogens with zero attached hydrogens (tertiary/aromatic N) is 1. The summed E-state index contributed by atoms with van der Waals surface area (Å²) in [5.74, 6) is 0.233. The highest BCUT2D eigenvalue weighted by molar-refractivity contribution is 7.89. The largest absolute Gasteiger partial charge is 0.465 e. The fraction of sp³-hybridized carbons (Fsp3) is 0.308. The highest BCUT2D eigenvalue weighted by atomic mass is 32.2. The zero-order valence-electron chi connectivity index (χ0n) is 11.0. The van der Waals surface area contributed by atoms with Crippen molar-refractivity contribution < 1.29 is 18.3 Å². The van der Waals surface area contributed by atoms with Crippen molar-refractivity contribution in [2.45, 2.75) is 18.2 Å². The fourth-order valence-electron chi connectivity index (χ4n) is 2.19. The molecule has 0 aromatic heterocycles. The van der Waals surface area contributed by atoms with Gasteiger partial charge >= 0.3 is 6.09 Å². The Balaban J connectivity index is 2.47. The third-order valence-electron chi connectivity index (χ3n) is 3.19. The van der Waals surface area contributed by atoms with Crippen molar-refractivity contribution in [2.75, 3.05) is 6.54 Å². The number of allylic oxidation sites excluding steroid dienone is 1. The minimum atomic E-state index is -3.81. The Morgan fingerprint density at radius 1 is 1.45 bits per heavy atom. The molecule has 1 aliphatic heterocycles. The number of sulfonamides is 1. The molecule has 1 atom stereocenters. The minimum absolute atomic E-state index is 0.0279. The molecule has 0 fully saturated rings. The lowest BCUT2D eigenvalue weighted by Gasteiger charge is -2.30. The van der Waals surface area contributed by atoms with E-state index in [9.17, 15) is 18.3 Å². The fourth-order valence-corrected chi connectivity index (χ4v) is 2.75. The van der Waals surface area contributed by atoms with Gasteiger partial charge in [-0.25, -0.2) is 18.4 Å². The van der Waals surface area contributed by atoms with Gasteiger partial charge in [0.1, 0.15) is 0 Å². The first-order chi connectivity index (χ1) is 9.29. The average molecular weight is 296 g/mol. The normalized spacial score (nSPS) is 19.6. The summed E-state index contributed by atoms with van der Waals surface area (Å²) >= 11 is 0. The average Bonchev–Trinajstić information content (AvgIpc) is 2.37. The second-order valence-electron chi connectivity index (χ2n) is 4.90. The lowest BCUT2D eigenvalue weighted by Crippen LogP contribution is -2.34. The zero-order chi connectivity index (χ0) is 14.9. The van der Waals surface area contributed by atoms with Crippen molar-refractivity contribution in [3.05, 3.63) is 35.9 Å². The molecule has 0 radical (unpaired) electrons. The van der Waals surface area contributed by atoms with Crippen LogP contribution in [0.25, 0.3) is 5.70 Å². The van der Waals surface area contributed by atoms with Crippen molar-refractivity contribution in [3.63, 3.8) is 0 Å². The van der Waals surface area contributed by atoms with E-state index in [0.29, 0.717) is 17.8 Å². The van der Waals surface area contributed by atoms with Crippen LogP contribution >= 0.6 is 0 Å². The number of amides is 1. The van der Waals surface area contributed by atoms with Crippen LogP contribution in [-0.2, 0) is 10.0 Å². The van der Waals surface area contributed by atoms with Crippen LogP contribution < -0.4 is 5.14 Å². The number of hydrogen-bond donors (Lipinski definition) is 2. The summed E-state index contributed by atoms with van der Waals surface area (Å²) in [5.41, 5.74) is 1.03. The summed E-state index contributed by atoms with van der Waals surface area (Å²) in [6.45, 7) is 2.35. The van der Waals surface area contributed by atoms with Crippen LogP contribution in [0.3, 0.4) is 0 Å². The van der Waals surface area contributed by atoms with E-state index in [1.807, 2.05) is 13.0 Å². The summed E-state index contributed by atoms with van der Waals surface area (Å²) < 4.78 is 22.7. The lowest BCUT2D eigenvalue weighted by molar-refractivity contribution is 0.159. The molecule has 1 aromatic carbocycles. The van der Waals surface area contributed by atoms with Crippen molar-refractivity contribution in [1.82, 2.24) is 4.90 Å². The highest BCUT2D eigenvalue weighted by Crippen LogP contribution is 2.28. The van der Waals surface area contributed by atoms with E-state index in [0.717, 1.165) is 6.42 Å². The molecule has 3 N–H and O–H groups in total. The molecule has 6 nitrogen and oxygen atoms in total. The van der Waals surface area contributed by atoms with Gasteiger partial charge in [0.25, 0.3) is 0 Å². The first-order valence-corrected chi connectivity index (χ1v) is 7.67. The molecule has 1 heterocycles. The van der Waals surface area contributed by atoms with E-state index in [1.165, 1.54) is 17.0 Å². The molecule has 0 saturated heterocycles. The van der Waals surface area contributed by atoms with Gasteiger partial charge in [0.2, 0.25) is 10.0 Å². The van der Waals surface area contributed by atoms with E-state index in [2.05, 4.69) is 0 Å². The van der Waals surface area contributed by atoms with Crippen LogP contribution in [0.5, 0.6) is 0 Å². The maximum atomic E-state index is 11.4. The Labute approximate surface area is 117 Å². The summed E-state index contributed by atoms with van der Waals surface area (Å²) in [6.07, 6.45) is 1.51. The van der Waals surface area contributed by atoms with E-state index >= 15 is 0 Å². The van der Waals surface area contributed by atoms with Gasteiger partial charge in [0.15, 0.2) is 0 Å². The molecular formula is C13H16N2O4S. The molecule has 1 aromatic rings. The number of nitrogens with two attached hydrogens (primary N) is 1. The molecule has 7 heteroatoms. The Kier molecular flexibility index (Phi) is 3.82. The molecule has 0 spiro atoms. The Morgan fingerprint density at radius 3 is 2.75 bits per heavy atom. The predicted octanol–water partition coefficient (Wildman–Crippen LogP) is 1.69. The molecule has 0 aliphatic carbocycles. The number of carboxylic acid groups (broad SMARTS) is 1. The van der Waals surface area contributed by atoms with E-state index in [-0.39, 0.29) is 10.8 Å².